The number of hydrogen-bond donors (Lipinski definition) is 1. The van der Waals surface area contributed by atoms with Crippen LogP contribution in [0.15, 0.2) is 71.3 Å². The fourth-order valence-electron chi connectivity index (χ4n) is 2.97. The van der Waals surface area contributed by atoms with E-state index in [9.17, 15) is 4.39 Å². The summed E-state index contributed by atoms with van der Waals surface area (Å²) in [4.78, 5) is 0. The molecule has 2 aromatic carbocycles. The smallest absolute Gasteiger partial charge is 0.123 e. The highest BCUT2D eigenvalue weighted by Crippen LogP contribution is 2.28. The second kappa shape index (κ2) is 8.32. The fourth-order valence-corrected chi connectivity index (χ4v) is 3.10. The Morgan fingerprint density at radius 3 is 2.32 bits per heavy atom. The molecular weight excluding hydrogens is 337 g/mol. The first-order valence-corrected chi connectivity index (χ1v) is 8.79. The fraction of sp³-hybridized carbons (Fsp3) is 0.238. The monoisotopic (exact) mass is 357 g/mol. The molecule has 0 saturated heterocycles. The number of nitrogens with one attached hydrogen (secondary N) is 1. The molecule has 0 radical (unpaired) electrons. The van der Waals surface area contributed by atoms with Crippen molar-refractivity contribution in [3.05, 3.63) is 94.7 Å². The van der Waals surface area contributed by atoms with Crippen molar-refractivity contribution in [2.75, 3.05) is 6.54 Å². The van der Waals surface area contributed by atoms with E-state index in [0.717, 1.165) is 29.3 Å². The molecule has 1 aromatic heterocycles. The molecule has 0 fully saturated rings. The molecule has 3 aromatic rings. The molecule has 1 N–H and O–H groups in total. The van der Waals surface area contributed by atoms with Crippen molar-refractivity contribution >= 4 is 11.6 Å². The lowest BCUT2D eigenvalue weighted by molar-refractivity contribution is 0.457. The van der Waals surface area contributed by atoms with Crippen molar-refractivity contribution in [2.45, 2.75) is 25.3 Å². The highest BCUT2D eigenvalue weighted by atomic mass is 35.5. The Bertz CT molecular complexity index is 769. The molecule has 1 heterocycles. The summed E-state index contributed by atoms with van der Waals surface area (Å²) in [6, 6.07) is 18.6. The number of hydrogen-bond acceptors (Lipinski definition) is 2. The van der Waals surface area contributed by atoms with Gasteiger partial charge in [0.25, 0.3) is 0 Å². The predicted molar refractivity (Wildman–Crippen MR) is 99.4 cm³/mol. The van der Waals surface area contributed by atoms with Crippen LogP contribution in [0.25, 0.3) is 0 Å². The molecular formula is C21H21ClFNO. The molecule has 0 amide bonds. The molecule has 0 spiro atoms. The van der Waals surface area contributed by atoms with E-state index in [1.807, 2.05) is 48.5 Å². The zero-order chi connectivity index (χ0) is 17.6. The first kappa shape index (κ1) is 17.7. The molecule has 0 aliphatic carbocycles. The zero-order valence-electron chi connectivity index (χ0n) is 14.1. The van der Waals surface area contributed by atoms with Crippen LogP contribution in [-0.2, 0) is 0 Å². The van der Waals surface area contributed by atoms with Crippen LogP contribution in [0.2, 0.25) is 5.02 Å². The molecule has 4 heteroatoms. The summed E-state index contributed by atoms with van der Waals surface area (Å²) in [7, 11) is 0. The number of benzene rings is 2. The summed E-state index contributed by atoms with van der Waals surface area (Å²) >= 11 is 5.94. The van der Waals surface area contributed by atoms with Gasteiger partial charge in [0.1, 0.15) is 11.6 Å². The average Bonchev–Trinajstić information content (AvgIpc) is 3.14. The number of rotatable bonds is 7. The van der Waals surface area contributed by atoms with Gasteiger partial charge in [0.2, 0.25) is 0 Å². The predicted octanol–water partition coefficient (Wildman–Crippen LogP) is 5.94. The second-order valence-electron chi connectivity index (χ2n) is 6.14. The van der Waals surface area contributed by atoms with Crippen molar-refractivity contribution in [3.63, 3.8) is 0 Å². The zero-order valence-corrected chi connectivity index (χ0v) is 14.8. The van der Waals surface area contributed by atoms with E-state index in [0.29, 0.717) is 0 Å². The summed E-state index contributed by atoms with van der Waals surface area (Å²) < 4.78 is 18.8. The van der Waals surface area contributed by atoms with E-state index < -0.39 is 0 Å². The molecule has 0 saturated carbocycles. The normalized spacial score (nSPS) is 13.6. The molecule has 0 aliphatic rings. The lowest BCUT2D eigenvalue weighted by atomic mass is 9.93. The van der Waals surface area contributed by atoms with Gasteiger partial charge in [0.05, 0.1) is 6.26 Å². The first-order chi connectivity index (χ1) is 12.1. The quantitative estimate of drug-likeness (QED) is 0.565. The lowest BCUT2D eigenvalue weighted by Gasteiger charge is -2.19. The van der Waals surface area contributed by atoms with E-state index in [2.05, 4.69) is 12.2 Å². The highest BCUT2D eigenvalue weighted by Gasteiger charge is 2.17. The van der Waals surface area contributed by atoms with Gasteiger partial charge in [-0.25, -0.2) is 4.39 Å². The minimum absolute atomic E-state index is 0.0977. The topological polar surface area (TPSA) is 25.2 Å². The van der Waals surface area contributed by atoms with Crippen LogP contribution >= 0.6 is 11.6 Å². The summed E-state index contributed by atoms with van der Waals surface area (Å²) in [6.07, 6.45) is 2.53. The summed E-state index contributed by atoms with van der Waals surface area (Å²) in [5, 5.41) is 4.27. The SMILES string of the molecule is C[C@H](NCC[C@@H](c1ccc(F)cc1)c1ccco1)c1ccc(Cl)cc1. The lowest BCUT2D eigenvalue weighted by Crippen LogP contribution is -2.21. The van der Waals surface area contributed by atoms with Crippen molar-refractivity contribution in [1.82, 2.24) is 5.32 Å². The second-order valence-corrected chi connectivity index (χ2v) is 6.57. The van der Waals surface area contributed by atoms with Crippen LogP contribution in [0.4, 0.5) is 4.39 Å². The third-order valence-corrected chi connectivity index (χ3v) is 4.66. The van der Waals surface area contributed by atoms with Gasteiger partial charge >= 0.3 is 0 Å². The molecule has 3 rings (SSSR count). The maximum absolute atomic E-state index is 13.2. The Morgan fingerprint density at radius 2 is 1.68 bits per heavy atom. The van der Waals surface area contributed by atoms with E-state index >= 15 is 0 Å². The Kier molecular flexibility index (Phi) is 5.90. The van der Waals surface area contributed by atoms with Crippen LogP contribution in [0.1, 0.15) is 42.2 Å². The van der Waals surface area contributed by atoms with Gasteiger partial charge in [-0.2, -0.15) is 0 Å². The average molecular weight is 358 g/mol. The van der Waals surface area contributed by atoms with Gasteiger partial charge in [-0.05, 0) is 67.4 Å². The van der Waals surface area contributed by atoms with Gasteiger partial charge < -0.3 is 9.73 Å². The minimum Gasteiger partial charge on any atom is -0.469 e. The Labute approximate surface area is 152 Å². The van der Waals surface area contributed by atoms with Gasteiger partial charge in [-0.15, -0.1) is 0 Å². The molecule has 2 nitrogen and oxygen atoms in total. The van der Waals surface area contributed by atoms with Gasteiger partial charge in [0.15, 0.2) is 0 Å². The maximum Gasteiger partial charge on any atom is 0.123 e. The van der Waals surface area contributed by atoms with E-state index in [1.54, 1.807) is 6.26 Å². The van der Waals surface area contributed by atoms with Crippen LogP contribution in [0.3, 0.4) is 0 Å². The first-order valence-electron chi connectivity index (χ1n) is 8.41. The molecule has 0 unspecified atom stereocenters. The highest BCUT2D eigenvalue weighted by molar-refractivity contribution is 6.30. The Hall–Kier alpha value is -2.10. The third kappa shape index (κ3) is 4.71. The Morgan fingerprint density at radius 1 is 1.00 bits per heavy atom. The molecule has 0 bridgehead atoms. The molecule has 25 heavy (non-hydrogen) atoms. The van der Waals surface area contributed by atoms with Gasteiger partial charge in [-0.1, -0.05) is 35.9 Å². The van der Waals surface area contributed by atoms with Crippen molar-refractivity contribution in [3.8, 4) is 0 Å². The van der Waals surface area contributed by atoms with Gasteiger partial charge in [-0.3, -0.25) is 0 Å². The van der Waals surface area contributed by atoms with Crippen LogP contribution < -0.4 is 5.32 Å². The standard InChI is InChI=1S/C21H21ClFNO/c1-15(16-4-8-18(22)9-5-16)24-13-12-20(21-3-2-14-25-21)17-6-10-19(23)11-7-17/h2-11,14-15,20,24H,12-13H2,1H3/t15-,20-/m0/s1. The molecule has 0 aliphatic heterocycles. The number of furan rings is 1. The number of halogens is 2. The van der Waals surface area contributed by atoms with Crippen LogP contribution in [0, 0.1) is 5.82 Å². The molecule has 130 valence electrons. The molecule has 2 atom stereocenters. The third-order valence-electron chi connectivity index (χ3n) is 4.41. The van der Waals surface area contributed by atoms with Crippen LogP contribution in [0.5, 0.6) is 0 Å². The summed E-state index contributed by atoms with van der Waals surface area (Å²) in [5.41, 5.74) is 2.25. The van der Waals surface area contributed by atoms with E-state index in [4.69, 9.17) is 16.0 Å². The summed E-state index contributed by atoms with van der Waals surface area (Å²) in [6.45, 7) is 2.94. The van der Waals surface area contributed by atoms with E-state index in [1.165, 1.54) is 17.7 Å². The van der Waals surface area contributed by atoms with Crippen molar-refractivity contribution < 1.29 is 8.81 Å². The summed E-state index contributed by atoms with van der Waals surface area (Å²) in [5.74, 6) is 0.768. The van der Waals surface area contributed by atoms with E-state index in [-0.39, 0.29) is 17.8 Å². The Balaban J connectivity index is 1.65. The van der Waals surface area contributed by atoms with Crippen molar-refractivity contribution in [1.29, 1.82) is 0 Å². The maximum atomic E-state index is 13.2. The van der Waals surface area contributed by atoms with Crippen molar-refractivity contribution in [2.24, 2.45) is 0 Å². The largest absolute Gasteiger partial charge is 0.469 e. The van der Waals surface area contributed by atoms with Crippen LogP contribution in [-0.4, -0.2) is 6.54 Å². The minimum atomic E-state index is -0.226. The van der Waals surface area contributed by atoms with Gasteiger partial charge in [0, 0.05) is 17.0 Å².